The third-order valence-electron chi connectivity index (χ3n) is 3.98. The summed E-state index contributed by atoms with van der Waals surface area (Å²) in [7, 11) is 0. The van der Waals surface area contributed by atoms with Gasteiger partial charge in [-0.15, -0.1) is 0 Å². The molecule has 0 N–H and O–H groups in total. The van der Waals surface area contributed by atoms with Gasteiger partial charge in [-0.3, -0.25) is 0 Å². The first kappa shape index (κ1) is 12.9. The molecule has 1 fully saturated rings. The molecule has 0 unspecified atom stereocenters. The van der Waals surface area contributed by atoms with Gasteiger partial charge in [0.2, 0.25) is 0 Å². The lowest BCUT2D eigenvalue weighted by molar-refractivity contribution is 0.376. The fourth-order valence-corrected chi connectivity index (χ4v) is 3.21. The van der Waals surface area contributed by atoms with E-state index in [0.29, 0.717) is 0 Å². The van der Waals surface area contributed by atoms with Crippen molar-refractivity contribution >= 4 is 15.9 Å². The van der Waals surface area contributed by atoms with Crippen molar-refractivity contribution in [2.24, 2.45) is 5.92 Å². The van der Waals surface area contributed by atoms with Crippen LogP contribution in [0.15, 0.2) is 35.3 Å². The van der Waals surface area contributed by atoms with Gasteiger partial charge < -0.3 is 0 Å². The maximum Gasteiger partial charge on any atom is -0.0162 e. The molecule has 1 aliphatic carbocycles. The van der Waals surface area contributed by atoms with Crippen molar-refractivity contribution in [2.75, 3.05) is 0 Å². The first-order valence-corrected chi connectivity index (χ1v) is 7.60. The van der Waals surface area contributed by atoms with Crippen molar-refractivity contribution in [3.05, 3.63) is 46.5 Å². The Morgan fingerprint density at radius 3 is 2.29 bits per heavy atom. The van der Waals surface area contributed by atoms with Gasteiger partial charge in [-0.25, -0.2) is 0 Å². The van der Waals surface area contributed by atoms with Gasteiger partial charge in [0.1, 0.15) is 0 Å². The molecular weight excluding hydrogens is 272 g/mol. The highest BCUT2D eigenvalue weighted by Gasteiger charge is 2.20. The Kier molecular flexibility index (Phi) is 4.85. The van der Waals surface area contributed by atoms with Crippen molar-refractivity contribution in [2.45, 2.75) is 44.9 Å². The Bertz CT molecular complexity index is 356. The van der Waals surface area contributed by atoms with Gasteiger partial charge in [0.05, 0.1) is 0 Å². The molecule has 0 heterocycles. The lowest BCUT2D eigenvalue weighted by Gasteiger charge is -2.27. The molecule has 0 aromatic heterocycles. The topological polar surface area (TPSA) is 0 Å². The minimum atomic E-state index is 0.792. The number of rotatable bonds is 3. The number of hydrogen-bond donors (Lipinski definition) is 0. The quantitative estimate of drug-likeness (QED) is 0.697. The van der Waals surface area contributed by atoms with Crippen LogP contribution in [-0.4, -0.2) is 0 Å². The fourth-order valence-electron chi connectivity index (χ4n) is 2.77. The molecule has 2 rings (SSSR count). The van der Waals surface area contributed by atoms with Crippen molar-refractivity contribution in [1.82, 2.24) is 0 Å². The molecule has 0 radical (unpaired) electrons. The first-order chi connectivity index (χ1) is 8.33. The summed E-state index contributed by atoms with van der Waals surface area (Å²) >= 11 is 3.38. The summed E-state index contributed by atoms with van der Waals surface area (Å²) in [6.45, 7) is 2.22. The molecule has 1 aromatic rings. The van der Waals surface area contributed by atoms with Crippen LogP contribution in [0.4, 0.5) is 0 Å². The minimum absolute atomic E-state index is 0.792. The van der Waals surface area contributed by atoms with Crippen LogP contribution in [0.25, 0.3) is 0 Å². The van der Waals surface area contributed by atoms with Crippen molar-refractivity contribution in [3.8, 4) is 0 Å². The van der Waals surface area contributed by atoms with Crippen LogP contribution >= 0.6 is 15.9 Å². The summed E-state index contributed by atoms with van der Waals surface area (Å²) in [6.07, 6.45) is 8.80. The lowest BCUT2D eigenvalue weighted by atomic mass is 9.78. The van der Waals surface area contributed by atoms with Crippen LogP contribution in [0.5, 0.6) is 0 Å². The normalized spacial score (nSPS) is 25.3. The molecular formula is C16H21Br. The number of halogens is 1. The predicted octanol–water partition coefficient (Wildman–Crippen LogP) is 5.43. The monoisotopic (exact) mass is 292 g/mol. The van der Waals surface area contributed by atoms with Crippen molar-refractivity contribution < 1.29 is 0 Å². The number of allylic oxidation sites excluding steroid dienone is 1. The third kappa shape index (κ3) is 3.45. The predicted molar refractivity (Wildman–Crippen MR) is 78.6 cm³/mol. The summed E-state index contributed by atoms with van der Waals surface area (Å²) in [5.74, 6) is 1.58. The minimum Gasteiger partial charge on any atom is -0.0745 e. The van der Waals surface area contributed by atoms with E-state index < -0.39 is 0 Å². The van der Waals surface area contributed by atoms with Crippen LogP contribution < -0.4 is 0 Å². The Balaban J connectivity index is 1.95. The van der Waals surface area contributed by atoms with Gasteiger partial charge in [-0.2, -0.15) is 0 Å². The molecule has 0 nitrogen and oxygen atoms in total. The van der Waals surface area contributed by atoms with E-state index >= 15 is 0 Å². The third-order valence-corrected chi connectivity index (χ3v) is 4.28. The highest BCUT2D eigenvalue weighted by molar-refractivity contribution is 9.11. The Morgan fingerprint density at radius 1 is 1.12 bits per heavy atom. The Morgan fingerprint density at radius 2 is 1.76 bits per heavy atom. The largest absolute Gasteiger partial charge is 0.0745 e. The molecule has 0 amide bonds. The lowest BCUT2D eigenvalue weighted by Crippen LogP contribution is -2.11. The maximum absolute atomic E-state index is 3.38. The molecule has 1 aromatic carbocycles. The van der Waals surface area contributed by atoms with E-state index in [2.05, 4.69) is 53.2 Å². The van der Waals surface area contributed by atoms with Crippen LogP contribution in [0, 0.1) is 5.92 Å². The van der Waals surface area contributed by atoms with Crippen molar-refractivity contribution in [1.29, 1.82) is 0 Å². The molecule has 0 aliphatic heterocycles. The van der Waals surface area contributed by atoms with Crippen LogP contribution in [0.2, 0.25) is 0 Å². The number of hydrogen-bond acceptors (Lipinski definition) is 0. The molecule has 92 valence electrons. The van der Waals surface area contributed by atoms with E-state index in [1.807, 2.05) is 4.99 Å². The van der Waals surface area contributed by atoms with Crippen molar-refractivity contribution in [3.63, 3.8) is 0 Å². The van der Waals surface area contributed by atoms with Gasteiger partial charge >= 0.3 is 0 Å². The summed E-state index contributed by atoms with van der Waals surface area (Å²) in [5.41, 5.74) is 2.99. The molecule has 1 aliphatic rings. The fraction of sp³-hybridized carbons (Fsp3) is 0.500. The number of aryl methyl sites for hydroxylation is 1. The Labute approximate surface area is 113 Å². The highest BCUT2D eigenvalue weighted by atomic mass is 79.9. The summed E-state index contributed by atoms with van der Waals surface area (Å²) in [5, 5.41) is 0. The molecule has 1 saturated carbocycles. The molecule has 1 heteroatoms. The average molecular weight is 293 g/mol. The second-order valence-corrected chi connectivity index (χ2v) is 5.55. The smallest absolute Gasteiger partial charge is 0.0162 e. The van der Waals surface area contributed by atoms with Gasteiger partial charge in [0, 0.05) is 0 Å². The van der Waals surface area contributed by atoms with Gasteiger partial charge in [-0.05, 0) is 60.1 Å². The Hall–Kier alpha value is -0.560. The van der Waals surface area contributed by atoms with E-state index in [0.717, 1.165) is 18.3 Å². The van der Waals surface area contributed by atoms with E-state index in [1.54, 1.807) is 5.56 Å². The van der Waals surface area contributed by atoms with E-state index in [9.17, 15) is 0 Å². The molecule has 17 heavy (non-hydrogen) atoms. The first-order valence-electron chi connectivity index (χ1n) is 6.69. The van der Waals surface area contributed by atoms with E-state index in [-0.39, 0.29) is 0 Å². The molecule has 0 bridgehead atoms. The summed E-state index contributed by atoms with van der Waals surface area (Å²) in [4.78, 5) is 2.02. The molecule has 0 spiro atoms. The molecule has 0 saturated heterocycles. The zero-order valence-corrected chi connectivity index (χ0v) is 12.1. The van der Waals surface area contributed by atoms with Gasteiger partial charge in [-0.1, -0.05) is 53.2 Å². The SMILES string of the molecule is CCc1ccc(C2CCC(/C=C/Br)CC2)cc1. The van der Waals surface area contributed by atoms with Crippen LogP contribution in [0.3, 0.4) is 0 Å². The second-order valence-electron chi connectivity index (χ2n) is 5.03. The standard InChI is InChI=1S/C16H21Br/c1-2-13-3-7-15(8-4-13)16-9-5-14(6-10-16)11-12-17/h3-4,7-8,11-12,14,16H,2,5-6,9-10H2,1H3/b12-11+. The van der Waals surface area contributed by atoms with Gasteiger partial charge in [0.15, 0.2) is 0 Å². The zero-order valence-electron chi connectivity index (χ0n) is 10.5. The summed E-state index contributed by atoms with van der Waals surface area (Å²) in [6, 6.07) is 9.26. The summed E-state index contributed by atoms with van der Waals surface area (Å²) < 4.78 is 0. The molecule has 0 atom stereocenters. The highest BCUT2D eigenvalue weighted by Crippen LogP contribution is 2.36. The van der Waals surface area contributed by atoms with Crippen LogP contribution in [0.1, 0.15) is 49.7 Å². The second kappa shape index (κ2) is 6.39. The number of benzene rings is 1. The van der Waals surface area contributed by atoms with E-state index in [4.69, 9.17) is 0 Å². The van der Waals surface area contributed by atoms with Gasteiger partial charge in [0.25, 0.3) is 0 Å². The van der Waals surface area contributed by atoms with Crippen LogP contribution in [-0.2, 0) is 6.42 Å². The maximum atomic E-state index is 3.38. The van der Waals surface area contributed by atoms with E-state index in [1.165, 1.54) is 31.2 Å². The zero-order chi connectivity index (χ0) is 12.1. The average Bonchev–Trinajstić information content (AvgIpc) is 2.40.